The summed E-state index contributed by atoms with van der Waals surface area (Å²) in [6.45, 7) is -2.08. The largest absolute Gasteiger partial charge is 0.459 e. The first-order valence-corrected chi connectivity index (χ1v) is 7.99. The number of esters is 1. The molecule has 0 bridgehead atoms. The monoisotopic (exact) mass is 366 g/mol. The molecule has 7 heteroatoms. The second-order valence-corrected chi connectivity index (χ2v) is 5.62. The van der Waals surface area contributed by atoms with Gasteiger partial charge in [-0.15, -0.1) is 0 Å². The number of benzene rings is 2. The van der Waals surface area contributed by atoms with Crippen molar-refractivity contribution in [3.63, 3.8) is 0 Å². The quantitative estimate of drug-likeness (QED) is 0.667. The van der Waals surface area contributed by atoms with Gasteiger partial charge in [-0.25, -0.2) is 13.6 Å². The summed E-state index contributed by atoms with van der Waals surface area (Å²) in [5, 5.41) is 19.0. The number of aliphatic hydroxyl groups is 2. The van der Waals surface area contributed by atoms with E-state index in [2.05, 4.69) is 0 Å². The van der Waals surface area contributed by atoms with Crippen molar-refractivity contribution in [1.29, 1.82) is 0 Å². The summed E-state index contributed by atoms with van der Waals surface area (Å²) in [6.07, 6.45) is -4.25. The molecule has 2 rings (SSSR count). The van der Waals surface area contributed by atoms with E-state index in [1.165, 1.54) is 12.1 Å². The summed E-state index contributed by atoms with van der Waals surface area (Å²) >= 11 is 0. The molecule has 0 fully saturated rings. The van der Waals surface area contributed by atoms with E-state index < -0.39 is 37.3 Å². The lowest BCUT2D eigenvalue weighted by Gasteiger charge is -2.29. The van der Waals surface area contributed by atoms with Crippen molar-refractivity contribution in [2.24, 2.45) is 0 Å². The number of halogens is 2. The first-order valence-electron chi connectivity index (χ1n) is 7.99. The lowest BCUT2D eigenvalue weighted by molar-refractivity contribution is -0.214. The lowest BCUT2D eigenvalue weighted by Crippen LogP contribution is -2.50. The zero-order chi connectivity index (χ0) is 19.0. The van der Waals surface area contributed by atoms with Crippen LogP contribution in [0.1, 0.15) is 15.9 Å². The number of hydrogen-bond donors (Lipinski definition) is 2. The van der Waals surface area contributed by atoms with Crippen molar-refractivity contribution in [3.8, 4) is 0 Å². The molecule has 0 saturated heterocycles. The van der Waals surface area contributed by atoms with Gasteiger partial charge in [0.1, 0.15) is 12.7 Å². The van der Waals surface area contributed by atoms with Crippen molar-refractivity contribution in [2.75, 3.05) is 13.2 Å². The van der Waals surface area contributed by atoms with Crippen LogP contribution in [0, 0.1) is 0 Å². The molecule has 140 valence electrons. The maximum Gasteiger partial charge on any atom is 0.338 e. The minimum Gasteiger partial charge on any atom is -0.459 e. The molecule has 0 radical (unpaired) electrons. The highest BCUT2D eigenvalue weighted by molar-refractivity contribution is 5.89. The highest BCUT2D eigenvalue weighted by Gasteiger charge is 2.47. The first kappa shape index (κ1) is 20.0. The fraction of sp³-hybridized carbons (Fsp3) is 0.316. The van der Waals surface area contributed by atoms with Gasteiger partial charge in [-0.2, -0.15) is 0 Å². The molecule has 0 aliphatic rings. The van der Waals surface area contributed by atoms with Gasteiger partial charge in [-0.05, 0) is 17.7 Å². The Balaban J connectivity index is 1.91. The van der Waals surface area contributed by atoms with Crippen molar-refractivity contribution in [2.45, 2.75) is 24.7 Å². The SMILES string of the molecule is O=C(OC[C@@H](O)C(F)(F)[C@@H](CO)OCc1ccccc1)c1ccccc1. The Morgan fingerprint density at radius 2 is 1.62 bits per heavy atom. The van der Waals surface area contributed by atoms with E-state index in [1.54, 1.807) is 48.5 Å². The minimum absolute atomic E-state index is 0.155. The second-order valence-electron chi connectivity index (χ2n) is 5.62. The van der Waals surface area contributed by atoms with Gasteiger partial charge in [0.05, 0.1) is 18.8 Å². The Labute approximate surface area is 149 Å². The predicted octanol–water partition coefficient (Wildman–Crippen LogP) is 2.42. The number of carbonyl (C=O) groups is 1. The Bertz CT molecular complexity index is 679. The highest BCUT2D eigenvalue weighted by atomic mass is 19.3. The molecule has 0 amide bonds. The summed E-state index contributed by atoms with van der Waals surface area (Å²) < 4.78 is 38.4. The Morgan fingerprint density at radius 3 is 2.19 bits per heavy atom. The molecule has 0 aliphatic heterocycles. The topological polar surface area (TPSA) is 76.0 Å². The van der Waals surface area contributed by atoms with Gasteiger partial charge in [0.15, 0.2) is 6.10 Å². The molecule has 0 aromatic heterocycles. The van der Waals surface area contributed by atoms with Crippen LogP contribution in [0.15, 0.2) is 60.7 Å². The van der Waals surface area contributed by atoms with E-state index in [0.717, 1.165) is 0 Å². The smallest absolute Gasteiger partial charge is 0.338 e. The van der Waals surface area contributed by atoms with Crippen molar-refractivity contribution in [1.82, 2.24) is 0 Å². The van der Waals surface area contributed by atoms with Gasteiger partial charge in [0.25, 0.3) is 0 Å². The van der Waals surface area contributed by atoms with Gasteiger partial charge >= 0.3 is 11.9 Å². The van der Waals surface area contributed by atoms with Crippen LogP contribution < -0.4 is 0 Å². The average Bonchev–Trinajstić information content (AvgIpc) is 2.67. The van der Waals surface area contributed by atoms with Crippen molar-refractivity contribution >= 4 is 5.97 Å². The standard InChI is InChI=1S/C19H20F2O5/c20-19(21,17(11-22)25-12-14-7-3-1-4-8-14)16(23)13-26-18(24)15-9-5-2-6-10-15/h1-10,16-17,22-23H,11-13H2/t16-,17-/m1/s1. The van der Waals surface area contributed by atoms with Gasteiger partial charge < -0.3 is 19.7 Å². The van der Waals surface area contributed by atoms with Crippen molar-refractivity contribution in [3.05, 3.63) is 71.8 Å². The molecule has 0 spiro atoms. The molecule has 2 aromatic rings. The fourth-order valence-electron chi connectivity index (χ4n) is 2.19. The second kappa shape index (κ2) is 9.38. The van der Waals surface area contributed by atoms with Crippen LogP contribution in [0.25, 0.3) is 0 Å². The Hall–Kier alpha value is -2.35. The van der Waals surface area contributed by atoms with E-state index in [-0.39, 0.29) is 12.2 Å². The molecular weight excluding hydrogens is 346 g/mol. The first-order chi connectivity index (χ1) is 12.4. The molecular formula is C19H20F2O5. The van der Waals surface area contributed by atoms with Crippen LogP contribution in [0.5, 0.6) is 0 Å². The molecule has 0 saturated carbocycles. The van der Waals surface area contributed by atoms with Gasteiger partial charge in [-0.1, -0.05) is 48.5 Å². The molecule has 0 aliphatic carbocycles. The zero-order valence-electron chi connectivity index (χ0n) is 13.9. The molecule has 2 aromatic carbocycles. The van der Waals surface area contributed by atoms with E-state index in [1.807, 2.05) is 0 Å². The number of rotatable bonds is 9. The average molecular weight is 366 g/mol. The van der Waals surface area contributed by atoms with Gasteiger partial charge in [0.2, 0.25) is 0 Å². The third-order valence-electron chi connectivity index (χ3n) is 3.72. The van der Waals surface area contributed by atoms with Crippen LogP contribution in [0.2, 0.25) is 0 Å². The highest BCUT2D eigenvalue weighted by Crippen LogP contribution is 2.27. The normalized spacial score (nSPS) is 13.8. The minimum atomic E-state index is -3.81. The van der Waals surface area contributed by atoms with E-state index in [4.69, 9.17) is 9.47 Å². The molecule has 0 heterocycles. The number of ether oxygens (including phenoxy) is 2. The van der Waals surface area contributed by atoms with E-state index >= 15 is 0 Å². The van der Waals surface area contributed by atoms with E-state index in [9.17, 15) is 23.8 Å². The summed E-state index contributed by atoms with van der Waals surface area (Å²) in [5.41, 5.74) is 0.828. The van der Waals surface area contributed by atoms with Crippen LogP contribution in [-0.2, 0) is 16.1 Å². The molecule has 0 unspecified atom stereocenters. The summed E-state index contributed by atoms with van der Waals surface area (Å²) in [6, 6.07) is 16.4. The zero-order valence-corrected chi connectivity index (χ0v) is 13.9. The summed E-state index contributed by atoms with van der Waals surface area (Å²) in [7, 11) is 0. The summed E-state index contributed by atoms with van der Waals surface area (Å²) in [5.74, 6) is -4.63. The van der Waals surface area contributed by atoms with Crippen LogP contribution >= 0.6 is 0 Å². The molecule has 2 N–H and O–H groups in total. The predicted molar refractivity (Wildman–Crippen MR) is 89.8 cm³/mol. The number of alkyl halides is 2. The third-order valence-corrected chi connectivity index (χ3v) is 3.72. The van der Waals surface area contributed by atoms with Crippen molar-refractivity contribution < 1.29 is 33.3 Å². The van der Waals surface area contributed by atoms with Gasteiger partial charge in [0, 0.05) is 0 Å². The van der Waals surface area contributed by atoms with Crippen LogP contribution in [0.4, 0.5) is 8.78 Å². The third kappa shape index (κ3) is 5.32. The van der Waals surface area contributed by atoms with Crippen LogP contribution in [0.3, 0.4) is 0 Å². The number of hydrogen-bond acceptors (Lipinski definition) is 5. The summed E-state index contributed by atoms with van der Waals surface area (Å²) in [4.78, 5) is 11.8. The van der Waals surface area contributed by atoms with Crippen LogP contribution in [-0.4, -0.2) is 47.5 Å². The lowest BCUT2D eigenvalue weighted by atomic mass is 10.1. The molecule has 26 heavy (non-hydrogen) atoms. The number of aliphatic hydroxyl groups excluding tert-OH is 2. The maximum atomic E-state index is 14.3. The van der Waals surface area contributed by atoms with E-state index in [0.29, 0.717) is 5.56 Å². The van der Waals surface area contributed by atoms with Gasteiger partial charge in [-0.3, -0.25) is 0 Å². The Kier molecular flexibility index (Phi) is 7.20. The molecule has 2 atom stereocenters. The maximum absolute atomic E-state index is 14.3. The molecule has 5 nitrogen and oxygen atoms in total. The fourth-order valence-corrected chi connectivity index (χ4v) is 2.19. The number of carbonyl (C=O) groups excluding carboxylic acids is 1. The Morgan fingerprint density at radius 1 is 1.04 bits per heavy atom.